The van der Waals surface area contributed by atoms with Crippen LogP contribution in [-0.4, -0.2) is 87.8 Å². The minimum atomic E-state index is -1.34. The third-order valence-electron chi connectivity index (χ3n) is 2.61. The molecule has 20 heavy (non-hydrogen) atoms. The molecule has 0 aromatic heterocycles. The summed E-state index contributed by atoms with van der Waals surface area (Å²) < 4.78 is 5.93. The second-order valence-corrected chi connectivity index (χ2v) is 8.22. The van der Waals surface area contributed by atoms with E-state index in [1.54, 1.807) is 0 Å². The van der Waals surface area contributed by atoms with E-state index in [9.17, 15) is 25.2 Å². The molecule has 1 saturated heterocycles. The van der Waals surface area contributed by atoms with Crippen molar-refractivity contribution >= 4 is 32.7 Å². The molecule has 1 aliphatic heterocycles. The summed E-state index contributed by atoms with van der Waals surface area (Å²) in [5.74, 6) is -0.686. The Morgan fingerprint density at radius 1 is 1.25 bits per heavy atom. The number of hydrogen-bond acceptors (Lipinski definition) is 8. The van der Waals surface area contributed by atoms with Gasteiger partial charge in [-0.1, -0.05) is 0 Å². The fourth-order valence-electron chi connectivity index (χ4n) is 1.53. The van der Waals surface area contributed by atoms with E-state index in [2.05, 4.69) is 0 Å². The Balaban J connectivity index is 0.00000361. The second-order valence-electron chi connectivity index (χ2n) is 4.01. The first-order valence-corrected chi connectivity index (χ1v) is 9.02. The summed E-state index contributed by atoms with van der Waals surface area (Å²) in [6, 6.07) is 0. The van der Waals surface area contributed by atoms with E-state index in [1.807, 2.05) is 0 Å². The third-order valence-corrected chi connectivity index (χ3v) is 6.82. The Hall–Kier alpha value is 1.14. The van der Waals surface area contributed by atoms with Gasteiger partial charge in [0.05, 0.1) is 0 Å². The maximum Gasteiger partial charge on any atom is 1.00 e. The van der Waals surface area contributed by atoms with Gasteiger partial charge in [-0.15, -0.1) is 0 Å². The van der Waals surface area contributed by atoms with Gasteiger partial charge in [-0.2, -0.15) is 0 Å². The van der Waals surface area contributed by atoms with Crippen LogP contribution in [-0.2, 0) is 9.53 Å². The molecule has 0 spiro atoms. The Morgan fingerprint density at radius 2 is 1.90 bits per heavy atom. The number of carbonyl (C=O) groups is 1. The molecule has 0 radical (unpaired) electrons. The molecular formula is C10H17NaO7SSe. The molecule has 0 aromatic carbocycles. The van der Waals surface area contributed by atoms with Gasteiger partial charge in [0, 0.05) is 0 Å². The van der Waals surface area contributed by atoms with Crippen molar-refractivity contribution in [1.29, 1.82) is 0 Å². The van der Waals surface area contributed by atoms with Crippen molar-refractivity contribution < 1.29 is 64.6 Å². The molecule has 10 heteroatoms. The van der Waals surface area contributed by atoms with Crippen LogP contribution < -0.4 is 34.7 Å². The summed E-state index contributed by atoms with van der Waals surface area (Å²) in [5, 5.41) is 47.5. The minimum absolute atomic E-state index is 0. The van der Waals surface area contributed by atoms with Crippen LogP contribution in [0.15, 0.2) is 0 Å². The number of rotatable bonds is 7. The first-order valence-electron chi connectivity index (χ1n) is 5.67. The standard InChI is InChI=1S/C10H18O7SSe.Na/c11-3-5-7(14)8(15)9(16)10(17-5)19-4-18-2-1-6(12)13;/h5,7-11,14-16H,1-4H2,(H,12,13);/q;+1/p-1. The van der Waals surface area contributed by atoms with Gasteiger partial charge in [-0.25, -0.2) is 0 Å². The van der Waals surface area contributed by atoms with Gasteiger partial charge in [-0.3, -0.25) is 0 Å². The quantitative estimate of drug-likeness (QED) is 0.252. The Morgan fingerprint density at radius 3 is 2.45 bits per heavy atom. The van der Waals surface area contributed by atoms with E-state index in [4.69, 9.17) is 9.84 Å². The smallest absolute Gasteiger partial charge is 1.00 e. The third kappa shape index (κ3) is 6.49. The van der Waals surface area contributed by atoms with Crippen LogP contribution in [0, 0.1) is 0 Å². The molecule has 1 fully saturated rings. The van der Waals surface area contributed by atoms with Crippen molar-refractivity contribution in [3.63, 3.8) is 0 Å². The van der Waals surface area contributed by atoms with Crippen molar-refractivity contribution in [2.45, 2.75) is 35.8 Å². The van der Waals surface area contributed by atoms with Gasteiger partial charge in [-0.05, 0) is 0 Å². The Labute approximate surface area is 149 Å². The van der Waals surface area contributed by atoms with Crippen molar-refractivity contribution in [3.05, 3.63) is 0 Å². The predicted molar refractivity (Wildman–Crippen MR) is 66.5 cm³/mol. The van der Waals surface area contributed by atoms with Crippen LogP contribution >= 0.6 is 11.8 Å². The maximum atomic E-state index is 10.2. The monoisotopic (exact) mass is 384 g/mol. The predicted octanol–water partition coefficient (Wildman–Crippen LogP) is -6.67. The van der Waals surface area contributed by atoms with Crippen molar-refractivity contribution in [1.82, 2.24) is 0 Å². The zero-order chi connectivity index (χ0) is 14.4. The molecule has 112 valence electrons. The largest absolute Gasteiger partial charge is 1.00 e. The number of aliphatic hydroxyl groups excluding tert-OH is 4. The number of aliphatic carboxylic acids is 1. The molecule has 1 aliphatic rings. The van der Waals surface area contributed by atoms with Crippen LogP contribution in [0.3, 0.4) is 0 Å². The molecule has 1 rings (SSSR count). The van der Waals surface area contributed by atoms with Crippen molar-refractivity contribution in [3.8, 4) is 0 Å². The van der Waals surface area contributed by atoms with Gasteiger partial charge in [0.2, 0.25) is 0 Å². The summed E-state index contributed by atoms with van der Waals surface area (Å²) in [6.45, 7) is -0.435. The van der Waals surface area contributed by atoms with Crippen LogP contribution in [0.5, 0.6) is 0 Å². The topological polar surface area (TPSA) is 130 Å². The van der Waals surface area contributed by atoms with Crippen LogP contribution in [0.2, 0.25) is 0 Å². The fourth-order valence-corrected chi connectivity index (χ4v) is 5.60. The summed E-state index contributed by atoms with van der Waals surface area (Å²) in [5.41, 5.74) is 0. The molecular weight excluding hydrogens is 366 g/mol. The summed E-state index contributed by atoms with van der Waals surface area (Å²) >= 11 is 1.19. The van der Waals surface area contributed by atoms with E-state index in [1.165, 1.54) is 11.8 Å². The van der Waals surface area contributed by atoms with Gasteiger partial charge < -0.3 is 0 Å². The van der Waals surface area contributed by atoms with Gasteiger partial charge in [0.1, 0.15) is 0 Å². The number of carbonyl (C=O) groups excluding carboxylic acids is 1. The van der Waals surface area contributed by atoms with Gasteiger partial charge >= 0.3 is 150 Å². The zero-order valence-electron chi connectivity index (χ0n) is 11.0. The molecule has 0 amide bonds. The van der Waals surface area contributed by atoms with Crippen molar-refractivity contribution in [2.75, 3.05) is 17.0 Å². The molecule has 0 aromatic rings. The summed E-state index contributed by atoms with van der Waals surface area (Å²) in [7, 11) is 0. The molecule has 0 aliphatic carbocycles. The first kappa shape index (κ1) is 21.1. The Kier molecular flexibility index (Phi) is 11.4. The molecule has 5 unspecified atom stereocenters. The molecule has 0 bridgehead atoms. The van der Waals surface area contributed by atoms with E-state index >= 15 is 0 Å². The number of carboxylic acids is 1. The van der Waals surface area contributed by atoms with Crippen molar-refractivity contribution in [2.24, 2.45) is 0 Å². The number of aliphatic hydroxyl groups is 4. The number of hydrogen-bond donors (Lipinski definition) is 4. The number of thioether (sulfide) groups is 1. The first-order chi connectivity index (χ1) is 8.97. The fraction of sp³-hybridized carbons (Fsp3) is 0.900. The van der Waals surface area contributed by atoms with E-state index in [0.29, 0.717) is 10.4 Å². The summed E-state index contributed by atoms with van der Waals surface area (Å²) in [6.07, 6.45) is -4.78. The summed E-state index contributed by atoms with van der Waals surface area (Å²) in [4.78, 5) is 10.2. The molecule has 1 heterocycles. The van der Waals surface area contributed by atoms with Gasteiger partial charge in [0.15, 0.2) is 0 Å². The van der Waals surface area contributed by atoms with Crippen LogP contribution in [0.4, 0.5) is 0 Å². The number of ether oxygens (including phenoxy) is 1. The minimum Gasteiger partial charge on any atom is 1.00 e. The molecule has 5 atom stereocenters. The van der Waals surface area contributed by atoms with E-state index in [-0.39, 0.29) is 50.9 Å². The number of carboxylic acid groups (broad SMARTS) is 1. The SMILES string of the molecule is O=C([O-])CCSC[Se]C1OC(CO)C(O)C(O)C1O.[Na+]. The average Bonchev–Trinajstić information content (AvgIpc) is 2.37. The zero-order valence-corrected chi connectivity index (χ0v) is 15.6. The maximum absolute atomic E-state index is 10.2. The van der Waals surface area contributed by atoms with E-state index in [0.717, 1.165) is 0 Å². The van der Waals surface area contributed by atoms with Crippen LogP contribution in [0.1, 0.15) is 6.42 Å². The second kappa shape index (κ2) is 10.8. The molecule has 4 N–H and O–H groups in total. The van der Waals surface area contributed by atoms with E-state index < -0.39 is 42.0 Å². The Bertz CT molecular complexity index is 297. The van der Waals surface area contributed by atoms with Crippen LogP contribution in [0.25, 0.3) is 0 Å². The van der Waals surface area contributed by atoms with Gasteiger partial charge in [0.25, 0.3) is 0 Å². The molecule has 7 nitrogen and oxygen atoms in total. The average molecular weight is 383 g/mol. The molecule has 0 saturated carbocycles. The normalized spacial score (nSPS) is 33.5.